The van der Waals surface area contributed by atoms with Crippen molar-refractivity contribution in [3.05, 3.63) is 58.1 Å². The third kappa shape index (κ3) is 6.15. The van der Waals surface area contributed by atoms with Gasteiger partial charge in [-0.15, -0.1) is 16.6 Å². The van der Waals surface area contributed by atoms with Crippen molar-refractivity contribution in [2.24, 2.45) is 0 Å². The molecule has 2 fully saturated rings. The summed E-state index contributed by atoms with van der Waals surface area (Å²) in [6.07, 6.45) is 1.69. The van der Waals surface area contributed by atoms with Crippen LogP contribution >= 0.6 is 36.0 Å². The molecule has 2 aliphatic rings. The summed E-state index contributed by atoms with van der Waals surface area (Å²) in [5, 5.41) is 22.2. The van der Waals surface area contributed by atoms with Crippen molar-refractivity contribution in [1.29, 1.82) is 5.26 Å². The molecule has 7 nitrogen and oxygen atoms in total. The minimum atomic E-state index is -0.443. The van der Waals surface area contributed by atoms with E-state index in [4.69, 9.17) is 32.7 Å². The first kappa shape index (κ1) is 28.3. The highest BCUT2D eigenvalue weighted by Crippen LogP contribution is 2.39. The summed E-state index contributed by atoms with van der Waals surface area (Å²) >= 11 is 16.5. The minimum absolute atomic E-state index is 0.215. The molecule has 2 aliphatic heterocycles. The van der Waals surface area contributed by atoms with Crippen molar-refractivity contribution in [2.75, 3.05) is 57.2 Å². The van der Waals surface area contributed by atoms with Crippen LogP contribution in [0.3, 0.4) is 0 Å². The average Bonchev–Trinajstić information content (AvgIpc) is 2.87. The first-order chi connectivity index (χ1) is 17.5. The SMILES string of the molecule is CC(C)(c1ccc(N2CCOC3(CCN([N+](C)(O)S)CC3)C2)cc1)c1cc(Cl)c(OCCCl)c(C#N)c1. The molecule has 0 radical (unpaired) electrons. The summed E-state index contributed by atoms with van der Waals surface area (Å²) in [4.78, 5) is 2.39. The van der Waals surface area contributed by atoms with Crippen molar-refractivity contribution in [1.82, 2.24) is 5.01 Å². The fourth-order valence-corrected chi connectivity index (χ4v) is 5.76. The Morgan fingerprint density at radius 3 is 2.46 bits per heavy atom. The van der Waals surface area contributed by atoms with E-state index in [9.17, 15) is 10.5 Å². The van der Waals surface area contributed by atoms with Crippen LogP contribution in [0.25, 0.3) is 0 Å². The fraction of sp³-hybridized carbons (Fsp3) is 0.519. The summed E-state index contributed by atoms with van der Waals surface area (Å²) in [5.74, 6) is 0.698. The van der Waals surface area contributed by atoms with E-state index in [-0.39, 0.29) is 17.6 Å². The van der Waals surface area contributed by atoms with Crippen LogP contribution in [-0.4, -0.2) is 72.3 Å². The number of hydrogen-bond acceptors (Lipinski definition) is 7. The number of rotatable bonds is 7. The number of quaternary nitrogens is 1. The van der Waals surface area contributed by atoms with Gasteiger partial charge in [-0.2, -0.15) is 10.5 Å². The monoisotopic (exact) mass is 565 g/mol. The Kier molecular flexibility index (Phi) is 8.56. The van der Waals surface area contributed by atoms with Crippen LogP contribution < -0.4 is 9.64 Å². The number of nitrogens with zero attached hydrogens (tertiary/aromatic N) is 4. The first-order valence-corrected chi connectivity index (χ1v) is 13.8. The van der Waals surface area contributed by atoms with Crippen molar-refractivity contribution >= 4 is 41.7 Å². The normalized spacial score (nSPS) is 19.9. The fourth-order valence-electron chi connectivity index (χ4n) is 5.23. The molecule has 2 aromatic rings. The van der Waals surface area contributed by atoms with Crippen LogP contribution in [-0.2, 0) is 10.2 Å². The largest absolute Gasteiger partial charge is 0.489 e. The third-order valence-corrected chi connectivity index (χ3v) is 8.29. The highest BCUT2D eigenvalue weighted by atomic mass is 35.5. The summed E-state index contributed by atoms with van der Waals surface area (Å²) in [7, 11) is 1.65. The molecular weight excluding hydrogens is 531 g/mol. The van der Waals surface area contributed by atoms with Crippen LogP contribution in [0.4, 0.5) is 5.69 Å². The van der Waals surface area contributed by atoms with Crippen LogP contribution in [0.2, 0.25) is 5.02 Å². The van der Waals surface area contributed by atoms with E-state index in [0.29, 0.717) is 28.8 Å². The molecule has 2 saturated heterocycles. The Morgan fingerprint density at radius 2 is 1.86 bits per heavy atom. The van der Waals surface area contributed by atoms with Crippen LogP contribution in [0, 0.1) is 11.3 Å². The van der Waals surface area contributed by atoms with Gasteiger partial charge in [0.05, 0.1) is 41.8 Å². The number of morpholine rings is 1. The summed E-state index contributed by atoms with van der Waals surface area (Å²) in [6.45, 7) is 8.31. The van der Waals surface area contributed by atoms with Gasteiger partial charge in [0.25, 0.3) is 0 Å². The quantitative estimate of drug-likeness (QED) is 0.202. The molecule has 1 N–H and O–H groups in total. The van der Waals surface area contributed by atoms with Gasteiger partial charge < -0.3 is 14.4 Å². The molecule has 1 atom stereocenters. The molecule has 2 heterocycles. The maximum atomic E-state index is 10.2. The lowest BCUT2D eigenvalue weighted by Crippen LogP contribution is -2.61. The van der Waals surface area contributed by atoms with Crippen molar-refractivity contribution < 1.29 is 18.8 Å². The Balaban J connectivity index is 1.50. The van der Waals surface area contributed by atoms with Crippen LogP contribution in [0.1, 0.15) is 43.4 Å². The molecule has 10 heteroatoms. The topological polar surface area (TPSA) is 69.0 Å². The average molecular weight is 567 g/mol. The number of nitriles is 1. The first-order valence-electron chi connectivity index (χ1n) is 12.5. The van der Waals surface area contributed by atoms with Gasteiger partial charge in [-0.25, -0.2) is 0 Å². The predicted molar refractivity (Wildman–Crippen MR) is 150 cm³/mol. The van der Waals surface area contributed by atoms with Gasteiger partial charge in [-0.3, -0.25) is 0 Å². The van der Waals surface area contributed by atoms with Gasteiger partial charge >= 0.3 is 0 Å². The number of thiol groups is 1. The molecule has 0 saturated carbocycles. The van der Waals surface area contributed by atoms with Gasteiger partial charge in [0.15, 0.2) is 5.75 Å². The van der Waals surface area contributed by atoms with Gasteiger partial charge in [0.2, 0.25) is 0 Å². The van der Waals surface area contributed by atoms with Crippen molar-refractivity contribution in [2.45, 2.75) is 37.7 Å². The number of hydroxylamine groups is 1. The number of halogens is 2. The van der Waals surface area contributed by atoms with E-state index < -0.39 is 4.16 Å². The lowest BCUT2D eigenvalue weighted by Gasteiger charge is -2.48. The third-order valence-electron chi connectivity index (χ3n) is 7.60. The van der Waals surface area contributed by atoms with Gasteiger partial charge in [0.1, 0.15) is 32.5 Å². The Bertz CT molecular complexity index is 1140. The second kappa shape index (κ2) is 11.2. The summed E-state index contributed by atoms with van der Waals surface area (Å²) in [5.41, 5.74) is 3.03. The molecule has 0 bridgehead atoms. The number of benzene rings is 2. The van der Waals surface area contributed by atoms with E-state index in [1.54, 1.807) is 7.05 Å². The summed E-state index contributed by atoms with van der Waals surface area (Å²) < 4.78 is 11.5. The highest BCUT2D eigenvalue weighted by Gasteiger charge is 2.43. The number of ether oxygens (including phenoxy) is 2. The number of piperidine rings is 1. The number of anilines is 1. The minimum Gasteiger partial charge on any atom is -0.489 e. The van der Waals surface area contributed by atoms with Gasteiger partial charge in [0, 0.05) is 24.2 Å². The van der Waals surface area contributed by atoms with Crippen LogP contribution in [0.5, 0.6) is 5.75 Å². The zero-order valence-electron chi connectivity index (χ0n) is 21.6. The molecule has 37 heavy (non-hydrogen) atoms. The molecule has 2 aromatic carbocycles. The lowest BCUT2D eigenvalue weighted by molar-refractivity contribution is -1.07. The van der Waals surface area contributed by atoms with E-state index in [0.717, 1.165) is 55.8 Å². The standard InChI is InChI=1S/C27H35Cl2N4O3S/c1-26(2,22-16-20(18-30)25(24(29)17-22)35-14-10-28)21-4-6-23(7-5-21)31-13-15-36-27(19-31)8-11-32(12-9-27)33(3,34)37/h4-7,16-17,34,37H,8-15,19H2,1-3H3/q+1. The second-order valence-corrected chi connectivity index (χ2v) is 12.0. The van der Waals surface area contributed by atoms with E-state index in [1.165, 1.54) is 0 Å². The van der Waals surface area contributed by atoms with E-state index in [1.807, 2.05) is 17.1 Å². The maximum Gasteiger partial charge on any atom is 0.155 e. The Labute approximate surface area is 235 Å². The van der Waals surface area contributed by atoms with Gasteiger partial charge in [-0.1, -0.05) is 41.7 Å². The Hall–Kier alpha value is -1.70. The molecule has 0 amide bonds. The number of alkyl halides is 1. The molecular formula is C27H35Cl2N4O3S+. The Morgan fingerprint density at radius 1 is 1.19 bits per heavy atom. The van der Waals surface area contributed by atoms with Crippen molar-refractivity contribution in [3.8, 4) is 11.8 Å². The molecule has 0 aromatic heterocycles. The number of hydrogen-bond donors (Lipinski definition) is 2. The molecule has 4 rings (SSSR count). The zero-order valence-corrected chi connectivity index (χ0v) is 24.0. The lowest BCUT2D eigenvalue weighted by atomic mass is 9.77. The van der Waals surface area contributed by atoms with Crippen LogP contribution in [0.15, 0.2) is 36.4 Å². The van der Waals surface area contributed by atoms with E-state index >= 15 is 0 Å². The van der Waals surface area contributed by atoms with Crippen molar-refractivity contribution in [3.63, 3.8) is 0 Å². The predicted octanol–water partition coefficient (Wildman–Crippen LogP) is 5.42. The van der Waals surface area contributed by atoms with Gasteiger partial charge in [-0.05, 0) is 48.2 Å². The molecule has 200 valence electrons. The molecule has 1 unspecified atom stereocenters. The molecule has 0 aliphatic carbocycles. The second-order valence-electron chi connectivity index (χ2n) is 10.4. The van der Waals surface area contributed by atoms with E-state index in [2.05, 4.69) is 61.9 Å². The summed E-state index contributed by atoms with van der Waals surface area (Å²) in [6, 6.07) is 14.5. The highest BCUT2D eigenvalue weighted by molar-refractivity contribution is 7.74. The molecule has 1 spiro atoms. The smallest absolute Gasteiger partial charge is 0.155 e. The maximum absolute atomic E-state index is 10.2. The zero-order chi connectivity index (χ0) is 26.8.